The molecule has 3 aromatic rings. The van der Waals surface area contributed by atoms with Gasteiger partial charge in [-0.15, -0.1) is 11.3 Å². The number of halogens is 2. The highest BCUT2D eigenvalue weighted by molar-refractivity contribution is 7.18. The number of rotatable bonds is 4. The number of carboxylic acids is 1. The minimum absolute atomic E-state index is 0.0486. The number of aryl methyl sites for hydroxylation is 1. The standard InChI is InChI=1S/C19H14F2N2O4S/c1-9-2-5-13-12(6-9)23(19(26)14(27-13)7-16(24)25)8-15-22-17-10(20)3-4-11(21)18(17)28-15/h2-6,14H,7-8H2,1H3,(H,24,25). The van der Waals surface area contributed by atoms with Crippen molar-refractivity contribution in [2.45, 2.75) is 26.0 Å². The molecule has 0 radical (unpaired) electrons. The molecule has 9 heteroatoms. The van der Waals surface area contributed by atoms with Crippen LogP contribution in [0, 0.1) is 18.6 Å². The maximum absolute atomic E-state index is 14.0. The average Bonchev–Trinajstić information content (AvgIpc) is 3.07. The average molecular weight is 404 g/mol. The molecular formula is C19H14F2N2O4S. The first-order chi connectivity index (χ1) is 13.3. The van der Waals surface area contributed by atoms with Gasteiger partial charge in [0.05, 0.1) is 23.4 Å². The fraction of sp³-hybridized carbons (Fsp3) is 0.211. The lowest BCUT2D eigenvalue weighted by Gasteiger charge is -2.33. The monoisotopic (exact) mass is 404 g/mol. The molecule has 2 heterocycles. The van der Waals surface area contributed by atoms with Gasteiger partial charge in [-0.05, 0) is 36.8 Å². The van der Waals surface area contributed by atoms with Crippen molar-refractivity contribution >= 4 is 39.1 Å². The Morgan fingerprint density at radius 2 is 2.04 bits per heavy atom. The van der Waals surface area contributed by atoms with E-state index in [2.05, 4.69) is 4.98 Å². The summed E-state index contributed by atoms with van der Waals surface area (Å²) >= 11 is 0.951. The number of amides is 1. The Hall–Kier alpha value is -3.07. The van der Waals surface area contributed by atoms with E-state index >= 15 is 0 Å². The molecule has 1 amide bonds. The van der Waals surface area contributed by atoms with Gasteiger partial charge < -0.3 is 9.84 Å². The molecule has 28 heavy (non-hydrogen) atoms. The molecule has 0 saturated heterocycles. The summed E-state index contributed by atoms with van der Waals surface area (Å²) in [7, 11) is 0. The van der Waals surface area contributed by atoms with Gasteiger partial charge in [-0.1, -0.05) is 6.07 Å². The van der Waals surface area contributed by atoms with Gasteiger partial charge in [0.15, 0.2) is 11.9 Å². The third-order valence-electron chi connectivity index (χ3n) is 4.36. The van der Waals surface area contributed by atoms with Crippen LogP contribution < -0.4 is 9.64 Å². The number of carboxylic acid groups (broad SMARTS) is 1. The molecule has 0 bridgehead atoms. The normalized spacial score (nSPS) is 16.2. The first kappa shape index (κ1) is 18.3. The van der Waals surface area contributed by atoms with Crippen LogP contribution in [0.25, 0.3) is 10.2 Å². The Balaban J connectivity index is 1.76. The van der Waals surface area contributed by atoms with E-state index in [9.17, 15) is 18.4 Å². The predicted molar refractivity (Wildman–Crippen MR) is 98.6 cm³/mol. The predicted octanol–water partition coefficient (Wildman–Crippen LogP) is 3.65. The Morgan fingerprint density at radius 3 is 2.75 bits per heavy atom. The van der Waals surface area contributed by atoms with Gasteiger partial charge in [0, 0.05) is 0 Å². The molecule has 0 aliphatic carbocycles. The van der Waals surface area contributed by atoms with E-state index in [0.717, 1.165) is 29.0 Å². The lowest BCUT2D eigenvalue weighted by atomic mass is 10.1. The summed E-state index contributed by atoms with van der Waals surface area (Å²) < 4.78 is 33.6. The molecule has 0 saturated carbocycles. The quantitative estimate of drug-likeness (QED) is 0.718. The highest BCUT2D eigenvalue weighted by Gasteiger charge is 2.36. The van der Waals surface area contributed by atoms with E-state index < -0.39 is 36.0 Å². The molecule has 0 fully saturated rings. The molecule has 6 nitrogen and oxygen atoms in total. The minimum atomic E-state index is -1.18. The SMILES string of the molecule is Cc1ccc2c(c1)N(Cc1nc3c(F)ccc(F)c3s1)C(=O)C(CC(=O)O)O2. The number of aromatic nitrogens is 1. The highest BCUT2D eigenvalue weighted by Crippen LogP contribution is 2.37. The summed E-state index contributed by atoms with van der Waals surface area (Å²) in [6.45, 7) is 1.79. The number of ether oxygens (including phenoxy) is 1. The van der Waals surface area contributed by atoms with Crippen LogP contribution in [0.5, 0.6) is 5.75 Å². The fourth-order valence-corrected chi connectivity index (χ4v) is 4.05. The van der Waals surface area contributed by atoms with E-state index in [1.54, 1.807) is 18.2 Å². The van der Waals surface area contributed by atoms with Gasteiger partial charge in [-0.3, -0.25) is 14.5 Å². The summed E-state index contributed by atoms with van der Waals surface area (Å²) in [6, 6.07) is 7.21. The number of carbonyl (C=O) groups is 2. The van der Waals surface area contributed by atoms with Crippen molar-refractivity contribution in [3.8, 4) is 5.75 Å². The third kappa shape index (κ3) is 3.18. The van der Waals surface area contributed by atoms with Gasteiger partial charge in [-0.2, -0.15) is 0 Å². The van der Waals surface area contributed by atoms with Crippen LogP contribution in [-0.4, -0.2) is 28.1 Å². The molecule has 1 unspecified atom stereocenters. The van der Waals surface area contributed by atoms with Crippen LogP contribution in [0.1, 0.15) is 17.0 Å². The Bertz CT molecular complexity index is 1080. The number of nitrogens with zero attached hydrogens (tertiary/aromatic N) is 2. The number of benzene rings is 2. The Labute approximate surface area is 162 Å². The van der Waals surface area contributed by atoms with Crippen molar-refractivity contribution in [2.75, 3.05) is 4.90 Å². The molecule has 1 aromatic heterocycles. The maximum Gasteiger partial charge on any atom is 0.307 e. The van der Waals surface area contributed by atoms with Crippen LogP contribution in [0.3, 0.4) is 0 Å². The number of carbonyl (C=O) groups excluding carboxylic acids is 1. The van der Waals surface area contributed by atoms with Crippen LogP contribution in [-0.2, 0) is 16.1 Å². The molecule has 2 aromatic carbocycles. The smallest absolute Gasteiger partial charge is 0.307 e. The topological polar surface area (TPSA) is 79.7 Å². The van der Waals surface area contributed by atoms with Crippen LogP contribution in [0.4, 0.5) is 14.5 Å². The molecule has 144 valence electrons. The second kappa shape index (κ2) is 6.83. The molecule has 4 rings (SSSR count). The maximum atomic E-state index is 14.0. The van der Waals surface area contributed by atoms with Crippen molar-refractivity contribution in [1.29, 1.82) is 0 Å². The summed E-state index contributed by atoms with van der Waals surface area (Å²) in [5.41, 5.74) is 1.25. The van der Waals surface area contributed by atoms with E-state index in [-0.39, 0.29) is 16.8 Å². The second-order valence-corrected chi connectivity index (χ2v) is 7.50. The molecule has 1 N–H and O–H groups in total. The number of hydrogen-bond acceptors (Lipinski definition) is 5. The Kier molecular flexibility index (Phi) is 4.46. The fourth-order valence-electron chi connectivity index (χ4n) is 3.08. The summed E-state index contributed by atoms with van der Waals surface area (Å²) in [5.74, 6) is -2.57. The van der Waals surface area contributed by atoms with Crippen molar-refractivity contribution in [3.63, 3.8) is 0 Å². The molecule has 1 aliphatic rings. The van der Waals surface area contributed by atoms with E-state index in [0.29, 0.717) is 16.4 Å². The summed E-state index contributed by atoms with van der Waals surface area (Å²) in [5, 5.41) is 9.39. The van der Waals surface area contributed by atoms with Gasteiger partial charge in [0.25, 0.3) is 5.91 Å². The van der Waals surface area contributed by atoms with E-state index in [4.69, 9.17) is 9.84 Å². The first-order valence-corrected chi connectivity index (χ1v) is 9.19. The zero-order chi connectivity index (χ0) is 20.0. The number of anilines is 1. The second-order valence-electron chi connectivity index (χ2n) is 6.41. The van der Waals surface area contributed by atoms with Crippen molar-refractivity contribution in [2.24, 2.45) is 0 Å². The number of hydrogen-bond donors (Lipinski definition) is 1. The third-order valence-corrected chi connectivity index (χ3v) is 5.41. The van der Waals surface area contributed by atoms with Crippen LogP contribution in [0.2, 0.25) is 0 Å². The number of aliphatic carboxylic acids is 1. The van der Waals surface area contributed by atoms with Gasteiger partial charge in [0.1, 0.15) is 22.1 Å². The number of fused-ring (bicyclic) bond motifs is 2. The number of thiazole rings is 1. The van der Waals surface area contributed by atoms with E-state index in [1.807, 2.05) is 6.92 Å². The lowest BCUT2D eigenvalue weighted by Crippen LogP contribution is -2.46. The first-order valence-electron chi connectivity index (χ1n) is 8.37. The minimum Gasteiger partial charge on any atom is -0.481 e. The van der Waals surface area contributed by atoms with Gasteiger partial charge >= 0.3 is 5.97 Å². The van der Waals surface area contributed by atoms with Gasteiger partial charge in [-0.25, -0.2) is 13.8 Å². The van der Waals surface area contributed by atoms with Crippen molar-refractivity contribution in [1.82, 2.24) is 4.98 Å². The summed E-state index contributed by atoms with van der Waals surface area (Å²) in [4.78, 5) is 29.4. The van der Waals surface area contributed by atoms with Crippen LogP contribution >= 0.6 is 11.3 Å². The van der Waals surface area contributed by atoms with Gasteiger partial charge in [0.2, 0.25) is 0 Å². The molecular weight excluding hydrogens is 390 g/mol. The zero-order valence-electron chi connectivity index (χ0n) is 14.6. The van der Waals surface area contributed by atoms with Crippen LogP contribution in [0.15, 0.2) is 30.3 Å². The molecule has 0 spiro atoms. The highest BCUT2D eigenvalue weighted by atomic mass is 32.1. The zero-order valence-corrected chi connectivity index (χ0v) is 15.4. The molecule has 1 atom stereocenters. The van der Waals surface area contributed by atoms with Crippen molar-refractivity contribution in [3.05, 3.63) is 52.5 Å². The lowest BCUT2D eigenvalue weighted by molar-refractivity contribution is -0.142. The molecule has 1 aliphatic heterocycles. The summed E-state index contributed by atoms with van der Waals surface area (Å²) in [6.07, 6.45) is -1.68. The Morgan fingerprint density at radius 1 is 1.29 bits per heavy atom. The largest absolute Gasteiger partial charge is 0.481 e. The van der Waals surface area contributed by atoms with Crippen molar-refractivity contribution < 1.29 is 28.2 Å². The van der Waals surface area contributed by atoms with E-state index in [1.165, 1.54) is 4.90 Å².